The fourth-order valence-corrected chi connectivity index (χ4v) is 3.58. The van der Waals surface area contributed by atoms with Crippen LogP contribution in [-0.4, -0.2) is 17.7 Å². The Morgan fingerprint density at radius 3 is 2.26 bits per heavy atom. The van der Waals surface area contributed by atoms with Crippen molar-refractivity contribution in [3.05, 3.63) is 77.4 Å². The summed E-state index contributed by atoms with van der Waals surface area (Å²) < 4.78 is 45.5. The highest BCUT2D eigenvalue weighted by molar-refractivity contribution is 5.92. The van der Waals surface area contributed by atoms with E-state index in [-0.39, 0.29) is 5.56 Å². The fourth-order valence-electron chi connectivity index (χ4n) is 3.58. The molecule has 0 saturated heterocycles. The molecule has 184 valence electrons. The molecule has 3 nitrogen and oxygen atoms in total. The second-order valence-corrected chi connectivity index (χ2v) is 8.21. The molecule has 0 aromatic heterocycles. The molecule has 0 heterocycles. The summed E-state index contributed by atoms with van der Waals surface area (Å²) in [5.41, 5.74) is 0.491. The van der Waals surface area contributed by atoms with Gasteiger partial charge in [-0.05, 0) is 47.9 Å². The normalized spacial score (nSPS) is 12.3. The smallest absolute Gasteiger partial charge is 0.416 e. The summed E-state index contributed by atoms with van der Waals surface area (Å²) in [6, 6.07) is 12.1. The van der Waals surface area contributed by atoms with Gasteiger partial charge in [0.05, 0.1) is 12.2 Å². The van der Waals surface area contributed by atoms with Crippen LogP contribution >= 0.6 is 0 Å². The van der Waals surface area contributed by atoms with Gasteiger partial charge in [-0.15, -0.1) is 0 Å². The van der Waals surface area contributed by atoms with Gasteiger partial charge in [-0.2, -0.15) is 13.2 Å². The maximum absolute atomic E-state index is 13.2. The lowest BCUT2D eigenvalue weighted by Gasteiger charge is -2.12. The van der Waals surface area contributed by atoms with Crippen LogP contribution in [0.2, 0.25) is 0 Å². The minimum absolute atomic E-state index is 0.269. The summed E-state index contributed by atoms with van der Waals surface area (Å²) in [7, 11) is 0. The van der Waals surface area contributed by atoms with E-state index in [4.69, 9.17) is 9.84 Å². The standard InChI is InChI=1S/C28H33F3O3/c1-2-3-4-5-6-7-8-11-19-34-26-16-10-9-13-24(26)20-23(17-18-27(32)33)22-14-12-15-25(21-22)28(29,30)31/h9-10,12-18,20-21H,2-8,11,19H2,1H3,(H,32,33)/b18-17?,23-20-. The molecule has 6 heteroatoms. The quantitative estimate of drug-likeness (QED) is 0.129. The summed E-state index contributed by atoms with van der Waals surface area (Å²) in [6.45, 7) is 2.75. The summed E-state index contributed by atoms with van der Waals surface area (Å²) in [6.07, 6.45) is 8.87. The number of carboxylic acids is 1. The number of hydrogen-bond donors (Lipinski definition) is 1. The number of halogens is 3. The van der Waals surface area contributed by atoms with Crippen molar-refractivity contribution in [2.45, 2.75) is 64.5 Å². The molecular weight excluding hydrogens is 441 g/mol. The molecule has 34 heavy (non-hydrogen) atoms. The molecule has 2 aromatic carbocycles. The van der Waals surface area contributed by atoms with Crippen molar-refractivity contribution in [3.63, 3.8) is 0 Å². The molecule has 0 unspecified atom stereocenters. The van der Waals surface area contributed by atoms with E-state index in [1.807, 2.05) is 6.07 Å². The molecule has 0 aliphatic carbocycles. The van der Waals surface area contributed by atoms with E-state index in [1.165, 1.54) is 56.7 Å². The summed E-state index contributed by atoms with van der Waals surface area (Å²) in [5, 5.41) is 9.04. The molecule has 0 amide bonds. The number of carbonyl (C=O) groups is 1. The van der Waals surface area contributed by atoms with Gasteiger partial charge in [0.2, 0.25) is 0 Å². The number of benzene rings is 2. The molecule has 0 saturated carbocycles. The summed E-state index contributed by atoms with van der Waals surface area (Å²) >= 11 is 0. The highest BCUT2D eigenvalue weighted by Crippen LogP contribution is 2.32. The molecule has 0 radical (unpaired) electrons. The molecule has 0 spiro atoms. The van der Waals surface area contributed by atoms with Crippen LogP contribution in [0.3, 0.4) is 0 Å². The van der Waals surface area contributed by atoms with Crippen LogP contribution in [0, 0.1) is 0 Å². The van der Waals surface area contributed by atoms with Crippen LogP contribution in [0.5, 0.6) is 5.75 Å². The van der Waals surface area contributed by atoms with Gasteiger partial charge in [0.1, 0.15) is 5.75 Å². The van der Waals surface area contributed by atoms with Crippen LogP contribution in [0.4, 0.5) is 13.2 Å². The zero-order valence-electron chi connectivity index (χ0n) is 19.6. The van der Waals surface area contributed by atoms with Crippen LogP contribution in [0.15, 0.2) is 60.7 Å². The van der Waals surface area contributed by atoms with Gasteiger partial charge in [-0.3, -0.25) is 0 Å². The summed E-state index contributed by atoms with van der Waals surface area (Å²) in [5.74, 6) is -0.573. The van der Waals surface area contributed by atoms with Crippen molar-refractivity contribution in [1.29, 1.82) is 0 Å². The first kappa shape index (κ1) is 27.2. The zero-order valence-corrected chi connectivity index (χ0v) is 19.6. The van der Waals surface area contributed by atoms with Gasteiger partial charge in [0.25, 0.3) is 0 Å². The van der Waals surface area contributed by atoms with Gasteiger partial charge in [0.15, 0.2) is 0 Å². The Bertz CT molecular complexity index is 961. The van der Waals surface area contributed by atoms with Crippen molar-refractivity contribution in [1.82, 2.24) is 0 Å². The molecule has 0 atom stereocenters. The van der Waals surface area contributed by atoms with Crippen LogP contribution < -0.4 is 4.74 Å². The number of para-hydroxylation sites is 1. The minimum atomic E-state index is -4.49. The van der Waals surface area contributed by atoms with E-state index in [0.717, 1.165) is 31.1 Å². The highest BCUT2D eigenvalue weighted by Gasteiger charge is 2.30. The number of alkyl halides is 3. The molecule has 1 N–H and O–H groups in total. The van der Waals surface area contributed by atoms with Crippen molar-refractivity contribution in [3.8, 4) is 5.75 Å². The first-order valence-electron chi connectivity index (χ1n) is 11.8. The molecule has 0 fully saturated rings. The monoisotopic (exact) mass is 474 g/mol. The number of aliphatic carboxylic acids is 1. The van der Waals surface area contributed by atoms with Crippen molar-refractivity contribution in [2.24, 2.45) is 0 Å². The van der Waals surface area contributed by atoms with E-state index in [0.29, 0.717) is 23.5 Å². The predicted octanol–water partition coefficient (Wildman–Crippen LogP) is 8.41. The first-order chi connectivity index (χ1) is 16.3. The number of hydrogen-bond acceptors (Lipinski definition) is 2. The van der Waals surface area contributed by atoms with E-state index < -0.39 is 17.7 Å². The minimum Gasteiger partial charge on any atom is -0.493 e. The predicted molar refractivity (Wildman–Crippen MR) is 131 cm³/mol. The number of unbranched alkanes of at least 4 members (excludes halogenated alkanes) is 7. The van der Waals surface area contributed by atoms with Gasteiger partial charge >= 0.3 is 12.1 Å². The van der Waals surface area contributed by atoms with E-state index in [2.05, 4.69) is 6.92 Å². The maximum atomic E-state index is 13.2. The lowest BCUT2D eigenvalue weighted by molar-refractivity contribution is -0.137. The van der Waals surface area contributed by atoms with E-state index in [9.17, 15) is 18.0 Å². The average molecular weight is 475 g/mol. The number of ether oxygens (including phenoxy) is 1. The van der Waals surface area contributed by atoms with Crippen molar-refractivity contribution in [2.75, 3.05) is 6.61 Å². The second kappa shape index (κ2) is 14.3. The van der Waals surface area contributed by atoms with E-state index in [1.54, 1.807) is 24.3 Å². The van der Waals surface area contributed by atoms with Crippen molar-refractivity contribution >= 4 is 17.6 Å². The number of allylic oxidation sites excluding steroid dienone is 2. The third-order valence-corrected chi connectivity index (χ3v) is 5.41. The number of rotatable bonds is 14. The van der Waals surface area contributed by atoms with Crippen LogP contribution in [0.25, 0.3) is 11.6 Å². The lowest BCUT2D eigenvalue weighted by Crippen LogP contribution is -2.05. The third-order valence-electron chi connectivity index (χ3n) is 5.41. The Morgan fingerprint density at radius 2 is 1.59 bits per heavy atom. The SMILES string of the molecule is CCCCCCCCCCOc1ccccc1/C=C(/C=CC(=O)O)c1cccc(C(F)(F)F)c1. The Hall–Kier alpha value is -3.02. The van der Waals surface area contributed by atoms with Gasteiger partial charge in [-0.25, -0.2) is 4.79 Å². The molecule has 2 rings (SSSR count). The number of carboxylic acid groups (broad SMARTS) is 1. The Labute approximate surface area is 200 Å². The maximum Gasteiger partial charge on any atom is 0.416 e. The topological polar surface area (TPSA) is 46.5 Å². The Balaban J connectivity index is 2.13. The van der Waals surface area contributed by atoms with Gasteiger partial charge < -0.3 is 9.84 Å². The van der Waals surface area contributed by atoms with Crippen LogP contribution in [-0.2, 0) is 11.0 Å². The fraction of sp³-hybridized carbons (Fsp3) is 0.393. The molecule has 0 aliphatic heterocycles. The van der Waals surface area contributed by atoms with Crippen molar-refractivity contribution < 1.29 is 27.8 Å². The largest absolute Gasteiger partial charge is 0.493 e. The molecular formula is C28H33F3O3. The van der Waals surface area contributed by atoms with E-state index >= 15 is 0 Å². The van der Waals surface area contributed by atoms with Gasteiger partial charge in [0, 0.05) is 11.6 Å². The molecule has 2 aromatic rings. The lowest BCUT2D eigenvalue weighted by atomic mass is 9.99. The zero-order chi connectivity index (χ0) is 24.8. The van der Waals surface area contributed by atoms with Crippen LogP contribution in [0.1, 0.15) is 75.0 Å². The average Bonchev–Trinajstić information content (AvgIpc) is 2.81. The molecule has 0 aliphatic rings. The van der Waals surface area contributed by atoms with Gasteiger partial charge in [-0.1, -0.05) is 82.2 Å². The highest BCUT2D eigenvalue weighted by atomic mass is 19.4. The third kappa shape index (κ3) is 9.86. The second-order valence-electron chi connectivity index (χ2n) is 8.21. The Kier molecular flexibility index (Phi) is 11.4. The summed E-state index contributed by atoms with van der Waals surface area (Å²) in [4.78, 5) is 11.1. The molecule has 0 bridgehead atoms. The first-order valence-corrected chi connectivity index (χ1v) is 11.8. The Morgan fingerprint density at radius 1 is 0.912 bits per heavy atom.